The summed E-state index contributed by atoms with van der Waals surface area (Å²) in [5.41, 5.74) is 2.54. The van der Waals surface area contributed by atoms with Crippen molar-refractivity contribution in [3.05, 3.63) is 84.5 Å². The predicted molar refractivity (Wildman–Crippen MR) is 140 cm³/mol. The van der Waals surface area contributed by atoms with Gasteiger partial charge in [0.25, 0.3) is 0 Å². The second-order valence-corrected chi connectivity index (χ2v) is 8.64. The van der Waals surface area contributed by atoms with E-state index in [0.29, 0.717) is 19.4 Å². The standard InChI is InChI=1S/C29H34N2O5/c1-3-35-29(34)30-24-12-10-11-23(21-24)18-20-28(33)36-22(2)17-19-27(32)31(25-13-6-4-7-14-25)26-15-8-5-9-16-26/h4-9,11,13-16,18,20,22,24H,3,10,12,17,19,21H2,1-2H3,(H,30,34)/b20-18+/t22-,24+/m1/s1. The summed E-state index contributed by atoms with van der Waals surface area (Å²) in [6.07, 6.45) is 7.24. The molecule has 2 aromatic rings. The van der Waals surface area contributed by atoms with E-state index in [1.54, 1.807) is 24.8 Å². The van der Waals surface area contributed by atoms with Crippen LogP contribution < -0.4 is 10.2 Å². The molecule has 0 spiro atoms. The first kappa shape index (κ1) is 26.7. The van der Waals surface area contributed by atoms with Gasteiger partial charge in [-0.15, -0.1) is 0 Å². The van der Waals surface area contributed by atoms with E-state index in [1.807, 2.05) is 60.7 Å². The Hall–Kier alpha value is -3.87. The first-order valence-corrected chi connectivity index (χ1v) is 12.4. The summed E-state index contributed by atoms with van der Waals surface area (Å²) in [5.74, 6) is -0.530. The molecule has 0 heterocycles. The second-order valence-electron chi connectivity index (χ2n) is 8.64. The van der Waals surface area contributed by atoms with Gasteiger partial charge in [-0.25, -0.2) is 9.59 Å². The van der Waals surface area contributed by atoms with E-state index in [9.17, 15) is 14.4 Å². The zero-order valence-electron chi connectivity index (χ0n) is 20.9. The summed E-state index contributed by atoms with van der Waals surface area (Å²) >= 11 is 0. The van der Waals surface area contributed by atoms with Crippen molar-refractivity contribution in [1.29, 1.82) is 0 Å². The molecule has 0 saturated carbocycles. The molecule has 0 fully saturated rings. The normalized spacial score (nSPS) is 16.1. The monoisotopic (exact) mass is 490 g/mol. The molecule has 36 heavy (non-hydrogen) atoms. The van der Waals surface area contributed by atoms with Gasteiger partial charge in [0.2, 0.25) is 5.91 Å². The molecular formula is C29H34N2O5. The Kier molecular flexibility index (Phi) is 10.3. The largest absolute Gasteiger partial charge is 0.459 e. The number of allylic oxidation sites excluding steroid dienone is 2. The van der Waals surface area contributed by atoms with Crippen molar-refractivity contribution in [3.8, 4) is 0 Å². The molecule has 190 valence electrons. The van der Waals surface area contributed by atoms with E-state index >= 15 is 0 Å². The molecule has 0 radical (unpaired) electrons. The van der Waals surface area contributed by atoms with Crippen molar-refractivity contribution >= 4 is 29.3 Å². The number of nitrogens with one attached hydrogen (secondary N) is 1. The van der Waals surface area contributed by atoms with Crippen LogP contribution in [-0.2, 0) is 19.1 Å². The van der Waals surface area contributed by atoms with Crippen molar-refractivity contribution < 1.29 is 23.9 Å². The van der Waals surface area contributed by atoms with Crippen LogP contribution in [0.25, 0.3) is 0 Å². The number of anilines is 2. The van der Waals surface area contributed by atoms with Gasteiger partial charge in [-0.1, -0.05) is 48.6 Å². The van der Waals surface area contributed by atoms with Gasteiger partial charge in [-0.3, -0.25) is 9.69 Å². The summed E-state index contributed by atoms with van der Waals surface area (Å²) in [6, 6.07) is 19.0. The SMILES string of the molecule is CCOC(=O)N[C@H]1CCC=C(/C=C/C(=O)O[C@H](C)CCC(=O)N(c2ccccc2)c2ccccc2)C1. The lowest BCUT2D eigenvalue weighted by Crippen LogP contribution is -2.36. The first-order chi connectivity index (χ1) is 17.5. The molecule has 0 saturated heterocycles. The highest BCUT2D eigenvalue weighted by molar-refractivity contribution is 6.00. The van der Waals surface area contributed by atoms with Crippen LogP contribution in [0.2, 0.25) is 0 Å². The van der Waals surface area contributed by atoms with Gasteiger partial charge in [-0.05, 0) is 69.4 Å². The number of hydrogen-bond acceptors (Lipinski definition) is 5. The van der Waals surface area contributed by atoms with E-state index in [4.69, 9.17) is 9.47 Å². The Morgan fingerprint density at radius 3 is 2.31 bits per heavy atom. The van der Waals surface area contributed by atoms with Gasteiger partial charge < -0.3 is 14.8 Å². The Morgan fingerprint density at radius 1 is 1.06 bits per heavy atom. The maximum Gasteiger partial charge on any atom is 0.407 e. The number of hydrogen-bond donors (Lipinski definition) is 1. The minimum absolute atomic E-state index is 0.0215. The average Bonchev–Trinajstić information content (AvgIpc) is 2.88. The van der Waals surface area contributed by atoms with Crippen molar-refractivity contribution in [1.82, 2.24) is 5.32 Å². The van der Waals surface area contributed by atoms with Gasteiger partial charge in [0.15, 0.2) is 0 Å². The van der Waals surface area contributed by atoms with E-state index in [1.165, 1.54) is 6.08 Å². The van der Waals surface area contributed by atoms with Gasteiger partial charge >= 0.3 is 12.1 Å². The summed E-state index contributed by atoms with van der Waals surface area (Å²) in [4.78, 5) is 38.8. The third-order valence-electron chi connectivity index (χ3n) is 5.79. The number of carbonyl (C=O) groups is 3. The number of carbonyl (C=O) groups excluding carboxylic acids is 3. The molecule has 2 atom stereocenters. The van der Waals surface area contributed by atoms with Crippen molar-refractivity contribution in [3.63, 3.8) is 0 Å². The van der Waals surface area contributed by atoms with Crippen molar-refractivity contribution in [2.45, 2.75) is 58.1 Å². The highest BCUT2D eigenvalue weighted by Crippen LogP contribution is 2.26. The number of amides is 2. The van der Waals surface area contributed by atoms with Gasteiger partial charge in [0, 0.05) is 29.9 Å². The zero-order valence-corrected chi connectivity index (χ0v) is 20.9. The summed E-state index contributed by atoms with van der Waals surface area (Å²) < 4.78 is 10.4. The van der Waals surface area contributed by atoms with E-state index in [-0.39, 0.29) is 18.4 Å². The summed E-state index contributed by atoms with van der Waals surface area (Å²) in [5, 5.41) is 2.84. The van der Waals surface area contributed by atoms with Crippen molar-refractivity contribution in [2.75, 3.05) is 11.5 Å². The topological polar surface area (TPSA) is 84.9 Å². The number of esters is 1. The number of rotatable bonds is 10. The number of para-hydroxylation sites is 2. The van der Waals surface area contributed by atoms with E-state index in [0.717, 1.165) is 29.8 Å². The van der Waals surface area contributed by atoms with E-state index in [2.05, 4.69) is 11.4 Å². The molecule has 2 aromatic carbocycles. The molecule has 0 aromatic heterocycles. The lowest BCUT2D eigenvalue weighted by molar-refractivity contribution is -0.143. The number of nitrogens with zero attached hydrogens (tertiary/aromatic N) is 1. The molecule has 0 unspecified atom stereocenters. The fraction of sp³-hybridized carbons (Fsp3) is 0.345. The second kappa shape index (κ2) is 13.9. The third-order valence-corrected chi connectivity index (χ3v) is 5.79. The highest BCUT2D eigenvalue weighted by Gasteiger charge is 2.20. The Bertz CT molecular complexity index is 1030. The molecule has 3 rings (SSSR count). The molecule has 1 N–H and O–H groups in total. The van der Waals surface area contributed by atoms with Crippen LogP contribution >= 0.6 is 0 Å². The quantitative estimate of drug-likeness (QED) is 0.334. The van der Waals surface area contributed by atoms with Crippen LogP contribution in [0.3, 0.4) is 0 Å². The number of ether oxygens (including phenoxy) is 2. The van der Waals surface area contributed by atoms with Crippen molar-refractivity contribution in [2.24, 2.45) is 0 Å². The van der Waals surface area contributed by atoms with Crippen LogP contribution in [0.5, 0.6) is 0 Å². The molecule has 0 aliphatic heterocycles. The van der Waals surface area contributed by atoms with Crippen LogP contribution in [0, 0.1) is 0 Å². The zero-order chi connectivity index (χ0) is 25.8. The van der Waals surface area contributed by atoms with Crippen LogP contribution in [-0.4, -0.2) is 36.7 Å². The molecule has 1 aliphatic carbocycles. The van der Waals surface area contributed by atoms with Gasteiger partial charge in [0.1, 0.15) is 0 Å². The molecule has 0 bridgehead atoms. The fourth-order valence-electron chi connectivity index (χ4n) is 4.04. The molecule has 1 aliphatic rings. The maximum absolute atomic E-state index is 13.1. The van der Waals surface area contributed by atoms with E-state index < -0.39 is 18.2 Å². The van der Waals surface area contributed by atoms with Crippen LogP contribution in [0.15, 0.2) is 84.5 Å². The predicted octanol–water partition coefficient (Wildman–Crippen LogP) is 5.84. The van der Waals surface area contributed by atoms with Crippen LogP contribution in [0.1, 0.15) is 46.0 Å². The number of alkyl carbamates (subject to hydrolysis) is 1. The highest BCUT2D eigenvalue weighted by atomic mass is 16.5. The average molecular weight is 491 g/mol. The third kappa shape index (κ3) is 8.41. The minimum atomic E-state index is -0.459. The maximum atomic E-state index is 13.1. The van der Waals surface area contributed by atoms with Gasteiger partial charge in [-0.2, -0.15) is 0 Å². The smallest absolute Gasteiger partial charge is 0.407 e. The first-order valence-electron chi connectivity index (χ1n) is 12.4. The number of benzene rings is 2. The summed E-state index contributed by atoms with van der Waals surface area (Å²) in [6.45, 7) is 3.88. The Labute approximate surface area is 212 Å². The molecule has 2 amide bonds. The van der Waals surface area contributed by atoms with Crippen LogP contribution in [0.4, 0.5) is 16.2 Å². The minimum Gasteiger partial charge on any atom is -0.459 e. The van der Waals surface area contributed by atoms with Gasteiger partial charge in [0.05, 0.1) is 12.7 Å². The molecular weight excluding hydrogens is 456 g/mol. The lowest BCUT2D eigenvalue weighted by Gasteiger charge is -2.24. The Morgan fingerprint density at radius 2 is 1.69 bits per heavy atom. The summed E-state index contributed by atoms with van der Waals surface area (Å²) in [7, 11) is 0. The Balaban J connectivity index is 1.49. The lowest BCUT2D eigenvalue weighted by atomic mass is 9.94. The fourth-order valence-corrected chi connectivity index (χ4v) is 4.04. The molecule has 7 heteroatoms. The molecule has 7 nitrogen and oxygen atoms in total.